The van der Waals surface area contributed by atoms with Crippen LogP contribution in [0.15, 0.2) is 45.3 Å². The number of hydrogen-bond donors (Lipinski definition) is 1. The first-order valence-corrected chi connectivity index (χ1v) is 6.26. The zero-order valence-electron chi connectivity index (χ0n) is 9.19. The van der Waals surface area contributed by atoms with E-state index in [0.29, 0.717) is 16.5 Å². The standard InChI is InChI=1S/C13H9BrClNO2/c14-8-1-4-10(11(15)7-8)12-5-2-9(18-12)3-6-13(16)17/h1-7H,(H2,16,17). The predicted octanol–water partition coefficient (Wildman–Crippen LogP) is 3.86. The predicted molar refractivity (Wildman–Crippen MR) is 75.1 cm³/mol. The number of hydrogen-bond acceptors (Lipinski definition) is 2. The van der Waals surface area contributed by atoms with E-state index in [2.05, 4.69) is 15.9 Å². The average Bonchev–Trinajstić information content (AvgIpc) is 2.75. The second-order valence-electron chi connectivity index (χ2n) is 3.56. The molecule has 0 atom stereocenters. The number of amides is 1. The molecule has 2 aromatic rings. The summed E-state index contributed by atoms with van der Waals surface area (Å²) in [5, 5.41) is 0.587. The highest BCUT2D eigenvalue weighted by molar-refractivity contribution is 9.10. The number of benzene rings is 1. The van der Waals surface area contributed by atoms with Crippen molar-refractivity contribution in [2.75, 3.05) is 0 Å². The van der Waals surface area contributed by atoms with Crippen LogP contribution in [0, 0.1) is 0 Å². The summed E-state index contributed by atoms with van der Waals surface area (Å²) in [6, 6.07) is 9.05. The monoisotopic (exact) mass is 325 g/mol. The molecule has 18 heavy (non-hydrogen) atoms. The summed E-state index contributed by atoms with van der Waals surface area (Å²) in [5.41, 5.74) is 5.80. The van der Waals surface area contributed by atoms with Gasteiger partial charge in [0, 0.05) is 16.1 Å². The number of nitrogens with two attached hydrogens (primary N) is 1. The van der Waals surface area contributed by atoms with Gasteiger partial charge in [0.05, 0.1) is 5.02 Å². The molecule has 0 aliphatic carbocycles. The highest BCUT2D eigenvalue weighted by Gasteiger charge is 2.08. The van der Waals surface area contributed by atoms with Crippen LogP contribution >= 0.6 is 27.5 Å². The molecule has 2 rings (SSSR count). The number of furan rings is 1. The van der Waals surface area contributed by atoms with E-state index in [1.807, 2.05) is 12.1 Å². The third kappa shape index (κ3) is 3.03. The molecule has 5 heteroatoms. The van der Waals surface area contributed by atoms with E-state index in [-0.39, 0.29) is 0 Å². The largest absolute Gasteiger partial charge is 0.457 e. The molecule has 1 aromatic heterocycles. The van der Waals surface area contributed by atoms with Crippen LogP contribution in [0.1, 0.15) is 5.76 Å². The summed E-state index contributed by atoms with van der Waals surface area (Å²) in [4.78, 5) is 10.6. The van der Waals surface area contributed by atoms with Gasteiger partial charge in [-0.2, -0.15) is 0 Å². The number of carbonyl (C=O) groups excluding carboxylic acids is 1. The maximum atomic E-state index is 10.6. The Bertz CT molecular complexity index is 619. The second-order valence-corrected chi connectivity index (χ2v) is 4.88. The Hall–Kier alpha value is -1.52. The van der Waals surface area contributed by atoms with Gasteiger partial charge in [0.15, 0.2) is 0 Å². The Morgan fingerprint density at radius 2 is 2.11 bits per heavy atom. The lowest BCUT2D eigenvalue weighted by molar-refractivity contribution is -0.113. The van der Waals surface area contributed by atoms with Crippen molar-refractivity contribution in [3.63, 3.8) is 0 Å². The Labute approximate surface area is 117 Å². The molecule has 0 saturated carbocycles. The first-order chi connectivity index (χ1) is 8.56. The minimum absolute atomic E-state index is 0.519. The van der Waals surface area contributed by atoms with E-state index < -0.39 is 5.91 Å². The zero-order valence-corrected chi connectivity index (χ0v) is 11.5. The summed E-state index contributed by atoms with van der Waals surface area (Å²) in [7, 11) is 0. The van der Waals surface area contributed by atoms with Crippen molar-refractivity contribution in [1.29, 1.82) is 0 Å². The lowest BCUT2D eigenvalue weighted by Crippen LogP contribution is -2.04. The number of primary amides is 1. The molecule has 1 amide bonds. The van der Waals surface area contributed by atoms with Gasteiger partial charge < -0.3 is 10.2 Å². The Morgan fingerprint density at radius 3 is 2.78 bits per heavy atom. The molecule has 0 aliphatic heterocycles. The maximum absolute atomic E-state index is 10.6. The van der Waals surface area contributed by atoms with Gasteiger partial charge in [-0.3, -0.25) is 4.79 Å². The number of carbonyl (C=O) groups is 1. The first kappa shape index (κ1) is 12.9. The molecule has 1 heterocycles. The van der Waals surface area contributed by atoms with Gasteiger partial charge in [-0.1, -0.05) is 27.5 Å². The van der Waals surface area contributed by atoms with Crippen LogP contribution in [0.5, 0.6) is 0 Å². The van der Waals surface area contributed by atoms with Crippen molar-refractivity contribution < 1.29 is 9.21 Å². The van der Waals surface area contributed by atoms with Crippen LogP contribution < -0.4 is 5.73 Å². The fraction of sp³-hybridized carbons (Fsp3) is 0. The fourth-order valence-electron chi connectivity index (χ4n) is 1.44. The summed E-state index contributed by atoms with van der Waals surface area (Å²) in [5.74, 6) is 0.661. The van der Waals surface area contributed by atoms with Crippen LogP contribution in [-0.2, 0) is 4.79 Å². The lowest BCUT2D eigenvalue weighted by atomic mass is 10.2. The first-order valence-electron chi connectivity index (χ1n) is 5.09. The van der Waals surface area contributed by atoms with E-state index in [1.54, 1.807) is 18.2 Å². The van der Waals surface area contributed by atoms with Crippen molar-refractivity contribution in [3.8, 4) is 11.3 Å². The third-order valence-corrected chi connectivity index (χ3v) is 3.04. The highest BCUT2D eigenvalue weighted by Crippen LogP contribution is 2.31. The van der Waals surface area contributed by atoms with Gasteiger partial charge in [-0.05, 0) is 36.4 Å². The number of halogens is 2. The van der Waals surface area contributed by atoms with E-state index in [1.165, 1.54) is 12.2 Å². The van der Waals surface area contributed by atoms with Crippen LogP contribution in [0.3, 0.4) is 0 Å². The molecular weight excluding hydrogens is 318 g/mol. The van der Waals surface area contributed by atoms with Gasteiger partial charge in [-0.25, -0.2) is 0 Å². The SMILES string of the molecule is NC(=O)C=Cc1ccc(-c2ccc(Br)cc2Cl)o1. The third-order valence-electron chi connectivity index (χ3n) is 2.24. The van der Waals surface area contributed by atoms with Crippen molar-refractivity contribution in [3.05, 3.63) is 51.7 Å². The van der Waals surface area contributed by atoms with Gasteiger partial charge >= 0.3 is 0 Å². The summed E-state index contributed by atoms with van der Waals surface area (Å²) in [6.07, 6.45) is 2.75. The highest BCUT2D eigenvalue weighted by atomic mass is 79.9. The lowest BCUT2D eigenvalue weighted by Gasteiger charge is -2.00. The topological polar surface area (TPSA) is 56.2 Å². The van der Waals surface area contributed by atoms with Crippen molar-refractivity contribution in [2.45, 2.75) is 0 Å². The summed E-state index contributed by atoms with van der Waals surface area (Å²) >= 11 is 9.46. The molecule has 0 unspecified atom stereocenters. The van der Waals surface area contributed by atoms with Crippen molar-refractivity contribution in [1.82, 2.24) is 0 Å². The van der Waals surface area contributed by atoms with Gasteiger partial charge in [0.2, 0.25) is 5.91 Å². The zero-order chi connectivity index (χ0) is 13.1. The molecule has 0 radical (unpaired) electrons. The van der Waals surface area contributed by atoms with Crippen LogP contribution in [0.25, 0.3) is 17.4 Å². The van der Waals surface area contributed by atoms with Crippen molar-refractivity contribution >= 4 is 39.5 Å². The molecule has 1 aromatic carbocycles. The molecule has 0 aliphatic rings. The molecular formula is C13H9BrClNO2. The van der Waals surface area contributed by atoms with Gasteiger partial charge in [0.25, 0.3) is 0 Å². The van der Waals surface area contributed by atoms with Crippen LogP contribution in [0.4, 0.5) is 0 Å². The normalized spacial score (nSPS) is 11.0. The van der Waals surface area contributed by atoms with E-state index in [9.17, 15) is 4.79 Å². The molecule has 0 spiro atoms. The Kier molecular flexibility index (Phi) is 3.89. The number of rotatable bonds is 3. The van der Waals surface area contributed by atoms with Crippen LogP contribution in [-0.4, -0.2) is 5.91 Å². The van der Waals surface area contributed by atoms with E-state index >= 15 is 0 Å². The van der Waals surface area contributed by atoms with Gasteiger partial charge in [0.1, 0.15) is 11.5 Å². The fourth-order valence-corrected chi connectivity index (χ4v) is 2.21. The minimum Gasteiger partial charge on any atom is -0.457 e. The summed E-state index contributed by atoms with van der Waals surface area (Å²) < 4.78 is 6.45. The van der Waals surface area contributed by atoms with Crippen molar-refractivity contribution in [2.24, 2.45) is 5.73 Å². The molecule has 92 valence electrons. The molecule has 3 nitrogen and oxygen atoms in total. The molecule has 0 saturated heterocycles. The van der Waals surface area contributed by atoms with E-state index in [4.69, 9.17) is 21.8 Å². The van der Waals surface area contributed by atoms with E-state index in [0.717, 1.165) is 10.0 Å². The van der Waals surface area contributed by atoms with Gasteiger partial charge in [-0.15, -0.1) is 0 Å². The smallest absolute Gasteiger partial charge is 0.241 e. The van der Waals surface area contributed by atoms with Crippen LogP contribution in [0.2, 0.25) is 5.02 Å². The Balaban J connectivity index is 2.32. The second kappa shape index (κ2) is 5.42. The quantitative estimate of drug-likeness (QED) is 0.871. The molecule has 2 N–H and O–H groups in total. The summed E-state index contributed by atoms with van der Waals surface area (Å²) in [6.45, 7) is 0. The molecule has 0 fully saturated rings. The minimum atomic E-state index is -0.519. The average molecular weight is 327 g/mol. The maximum Gasteiger partial charge on any atom is 0.241 e. The Morgan fingerprint density at radius 1 is 1.33 bits per heavy atom. The molecule has 0 bridgehead atoms.